The van der Waals surface area contributed by atoms with Gasteiger partial charge in [0.05, 0.1) is 33.8 Å². The van der Waals surface area contributed by atoms with Crippen molar-refractivity contribution in [1.82, 2.24) is 5.32 Å². The molecule has 0 aromatic carbocycles. The molecule has 85 heavy (non-hydrogen) atoms. The van der Waals surface area contributed by atoms with Gasteiger partial charge in [-0.25, -0.2) is 4.57 Å². The van der Waals surface area contributed by atoms with Crippen molar-refractivity contribution in [3.63, 3.8) is 0 Å². The number of unbranched alkanes of at least 4 members (excludes halogenated alkanes) is 52. The van der Waals surface area contributed by atoms with E-state index in [1.165, 1.54) is 302 Å². The molecule has 0 radical (unpaired) electrons. The summed E-state index contributed by atoms with van der Waals surface area (Å²) in [4.78, 5) is 37.9. The first-order chi connectivity index (χ1) is 41.4. The molecule has 0 saturated heterocycles. The van der Waals surface area contributed by atoms with Crippen LogP contribution in [0.3, 0.4) is 0 Å². The van der Waals surface area contributed by atoms with Crippen LogP contribution in [-0.2, 0) is 27.9 Å². The SMILES string of the molecule is CCCCCCCC/C=C/CCCCCCCCCCCCCCCCCCCC(=O)OC(/C=C/CCCCCCCCCCC)C(COP(=O)(O)OCC[N+](C)(C)C)NC(=O)CCCCCCCCCCCCCCCCCCCCCCC. The highest BCUT2D eigenvalue weighted by molar-refractivity contribution is 7.47. The molecule has 3 atom stereocenters. The van der Waals surface area contributed by atoms with E-state index < -0.39 is 20.0 Å². The van der Waals surface area contributed by atoms with Crippen LogP contribution in [0.2, 0.25) is 0 Å². The summed E-state index contributed by atoms with van der Waals surface area (Å²) in [6.45, 7) is 7.08. The van der Waals surface area contributed by atoms with E-state index in [0.29, 0.717) is 23.9 Å². The second-order valence-electron chi connectivity index (χ2n) is 27.2. The number of hydrogen-bond donors (Lipinski definition) is 2. The Morgan fingerprint density at radius 3 is 1.00 bits per heavy atom. The fourth-order valence-corrected chi connectivity index (χ4v) is 12.3. The number of hydrogen-bond acceptors (Lipinski definition) is 6. The Morgan fingerprint density at radius 1 is 0.400 bits per heavy atom. The molecule has 0 saturated carbocycles. The Kier molecular flexibility index (Phi) is 64.3. The molecule has 0 aromatic rings. The van der Waals surface area contributed by atoms with Crippen molar-refractivity contribution in [1.29, 1.82) is 0 Å². The zero-order chi connectivity index (χ0) is 62.1. The van der Waals surface area contributed by atoms with Crippen molar-refractivity contribution < 1.29 is 37.3 Å². The number of carbonyl (C=O) groups is 2. The van der Waals surface area contributed by atoms with Gasteiger partial charge in [-0.2, -0.15) is 0 Å². The molecule has 0 aliphatic carbocycles. The first kappa shape index (κ1) is 83.5. The molecule has 504 valence electrons. The summed E-state index contributed by atoms with van der Waals surface area (Å²) >= 11 is 0. The zero-order valence-corrected chi connectivity index (χ0v) is 58.8. The molecule has 0 heterocycles. The minimum atomic E-state index is -4.45. The lowest BCUT2D eigenvalue weighted by Crippen LogP contribution is -2.47. The van der Waals surface area contributed by atoms with Gasteiger partial charge in [0.15, 0.2) is 0 Å². The highest BCUT2D eigenvalue weighted by atomic mass is 31.2. The van der Waals surface area contributed by atoms with Gasteiger partial charge in [-0.1, -0.05) is 347 Å². The lowest BCUT2D eigenvalue weighted by Gasteiger charge is -2.27. The molecular weight excluding hydrogens is 1070 g/mol. The van der Waals surface area contributed by atoms with Crippen LogP contribution < -0.4 is 5.32 Å². The van der Waals surface area contributed by atoms with Gasteiger partial charge in [0.2, 0.25) is 5.91 Å². The van der Waals surface area contributed by atoms with Crippen LogP contribution >= 0.6 is 7.82 Å². The number of ether oxygens (including phenoxy) is 1. The quantitative estimate of drug-likeness (QED) is 0.0205. The number of phosphoric acid groups is 1. The molecule has 0 fully saturated rings. The van der Waals surface area contributed by atoms with Crippen molar-refractivity contribution >= 4 is 19.7 Å². The number of quaternary nitrogens is 1. The van der Waals surface area contributed by atoms with E-state index in [1.54, 1.807) is 0 Å². The lowest BCUT2D eigenvalue weighted by molar-refractivity contribution is -0.870. The molecule has 0 rings (SSSR count). The Hall–Kier alpha value is -1.51. The molecule has 0 bridgehead atoms. The predicted molar refractivity (Wildman–Crippen MR) is 370 cm³/mol. The molecule has 0 aliphatic rings. The van der Waals surface area contributed by atoms with Crippen LogP contribution in [0, 0.1) is 0 Å². The maximum absolute atomic E-state index is 13.6. The smallest absolute Gasteiger partial charge is 0.456 e. The molecule has 0 aromatic heterocycles. The standard InChI is InChI=1S/C75H147N2O7P/c1-7-10-13-16-19-22-25-27-29-31-33-35-36-37-38-39-40-42-44-46-48-50-53-56-59-62-65-68-75(79)84-73(66-63-60-57-54-51-24-21-18-15-12-9-3)72(71-83-85(80,81)82-70-69-77(4,5)6)76-74(78)67-64-61-58-55-52-49-47-45-43-41-34-32-30-28-26-23-20-17-14-11-8-2/h27,29,63,66,72-73H,7-26,28,30-62,64-65,67-71H2,1-6H3,(H-,76,78,80,81)/p+1/b29-27+,66-63+. The summed E-state index contributed by atoms with van der Waals surface area (Å²) in [6, 6.07) is -0.842. The van der Waals surface area contributed by atoms with Crippen molar-refractivity contribution in [2.75, 3.05) is 40.9 Å². The van der Waals surface area contributed by atoms with E-state index in [2.05, 4.69) is 44.3 Å². The highest BCUT2D eigenvalue weighted by Gasteiger charge is 2.30. The third-order valence-corrected chi connectivity index (χ3v) is 18.4. The van der Waals surface area contributed by atoms with E-state index in [1.807, 2.05) is 27.2 Å². The van der Waals surface area contributed by atoms with Crippen molar-refractivity contribution in [3.05, 3.63) is 24.3 Å². The Morgan fingerprint density at radius 2 is 0.682 bits per heavy atom. The number of carbonyl (C=O) groups excluding carboxylic acids is 2. The van der Waals surface area contributed by atoms with Gasteiger partial charge in [0.1, 0.15) is 19.3 Å². The second-order valence-corrected chi connectivity index (χ2v) is 28.6. The zero-order valence-electron chi connectivity index (χ0n) is 57.9. The van der Waals surface area contributed by atoms with E-state index in [9.17, 15) is 19.0 Å². The first-order valence-corrected chi connectivity index (χ1v) is 39.2. The largest absolute Gasteiger partial charge is 0.472 e. The number of phosphoric ester groups is 1. The Balaban J connectivity index is 4.89. The van der Waals surface area contributed by atoms with E-state index in [0.717, 1.165) is 57.8 Å². The summed E-state index contributed by atoms with van der Waals surface area (Å²) in [5, 5.41) is 3.08. The fraction of sp³-hybridized carbons (Fsp3) is 0.920. The van der Waals surface area contributed by atoms with E-state index in [4.69, 9.17) is 13.8 Å². The maximum atomic E-state index is 13.6. The van der Waals surface area contributed by atoms with Crippen LogP contribution in [0.5, 0.6) is 0 Å². The number of amides is 1. The summed E-state index contributed by atoms with van der Waals surface area (Å²) in [7, 11) is 1.52. The number of nitrogens with zero attached hydrogens (tertiary/aromatic N) is 1. The number of allylic oxidation sites excluding steroid dienone is 3. The summed E-state index contributed by atoms with van der Waals surface area (Å²) in [5.74, 6) is -0.479. The van der Waals surface area contributed by atoms with Crippen molar-refractivity contribution in [3.8, 4) is 0 Å². The van der Waals surface area contributed by atoms with Crippen molar-refractivity contribution in [2.24, 2.45) is 0 Å². The number of nitrogens with one attached hydrogen (secondary N) is 1. The minimum absolute atomic E-state index is 0.0450. The monoisotopic (exact) mass is 1220 g/mol. The maximum Gasteiger partial charge on any atom is 0.472 e. The van der Waals surface area contributed by atoms with Crippen LogP contribution in [0.15, 0.2) is 24.3 Å². The minimum Gasteiger partial charge on any atom is -0.456 e. The van der Waals surface area contributed by atoms with Gasteiger partial charge < -0.3 is 19.4 Å². The Labute approximate surface area is 530 Å². The molecule has 0 aliphatic heterocycles. The van der Waals surface area contributed by atoms with Gasteiger partial charge in [-0.05, 0) is 57.4 Å². The van der Waals surface area contributed by atoms with Crippen LogP contribution in [0.1, 0.15) is 393 Å². The molecule has 3 unspecified atom stereocenters. The Bertz CT molecular complexity index is 1500. The number of likely N-dealkylation sites (N-methyl/N-ethyl adjacent to an activating group) is 1. The molecule has 9 nitrogen and oxygen atoms in total. The highest BCUT2D eigenvalue weighted by Crippen LogP contribution is 2.43. The van der Waals surface area contributed by atoms with E-state index >= 15 is 0 Å². The first-order valence-electron chi connectivity index (χ1n) is 37.7. The molecule has 1 amide bonds. The van der Waals surface area contributed by atoms with Gasteiger partial charge >= 0.3 is 13.8 Å². The molecule has 0 spiro atoms. The van der Waals surface area contributed by atoms with E-state index in [-0.39, 0.29) is 25.1 Å². The molecule has 10 heteroatoms. The number of esters is 1. The van der Waals surface area contributed by atoms with Gasteiger partial charge in [0, 0.05) is 12.8 Å². The summed E-state index contributed by atoms with van der Waals surface area (Å²) in [5.41, 5.74) is 0. The summed E-state index contributed by atoms with van der Waals surface area (Å²) < 4.78 is 30.9. The third-order valence-electron chi connectivity index (χ3n) is 17.4. The van der Waals surface area contributed by atoms with Gasteiger partial charge in [0.25, 0.3) is 0 Å². The number of rotatable bonds is 70. The van der Waals surface area contributed by atoms with Gasteiger partial charge in [-0.3, -0.25) is 18.6 Å². The lowest BCUT2D eigenvalue weighted by atomic mass is 10.0. The van der Waals surface area contributed by atoms with Gasteiger partial charge in [-0.15, -0.1) is 0 Å². The fourth-order valence-electron chi connectivity index (χ4n) is 11.6. The molecule has 2 N–H and O–H groups in total. The topological polar surface area (TPSA) is 111 Å². The van der Waals surface area contributed by atoms with Crippen LogP contribution in [0.25, 0.3) is 0 Å². The van der Waals surface area contributed by atoms with Crippen molar-refractivity contribution in [2.45, 2.75) is 405 Å². The molecular formula is C75H148N2O7P+. The second kappa shape index (κ2) is 65.4. The summed E-state index contributed by atoms with van der Waals surface area (Å²) in [6.07, 6.45) is 80.7. The average Bonchev–Trinajstić information content (AvgIpc) is 3.59. The predicted octanol–water partition coefficient (Wildman–Crippen LogP) is 24.0. The van der Waals surface area contributed by atoms with Crippen LogP contribution in [-0.4, -0.2) is 74.3 Å². The third kappa shape index (κ3) is 66.7. The van der Waals surface area contributed by atoms with Crippen LogP contribution in [0.4, 0.5) is 0 Å². The normalized spacial score (nSPS) is 13.5. The average molecular weight is 1220 g/mol.